The smallest absolute Gasteiger partial charge is 0.327 e. The summed E-state index contributed by atoms with van der Waals surface area (Å²) in [6.07, 6.45) is 4.36. The van der Waals surface area contributed by atoms with Crippen LogP contribution in [0, 0.1) is 11.8 Å². The molecule has 0 bridgehead atoms. The van der Waals surface area contributed by atoms with Crippen molar-refractivity contribution in [1.82, 2.24) is 0 Å². The van der Waals surface area contributed by atoms with Gasteiger partial charge in [0.05, 0.1) is 5.92 Å². The van der Waals surface area contributed by atoms with Crippen LogP contribution in [0.1, 0.15) is 25.7 Å². The highest BCUT2D eigenvalue weighted by Crippen LogP contribution is 2.30. The van der Waals surface area contributed by atoms with E-state index in [4.69, 9.17) is 17.8 Å². The van der Waals surface area contributed by atoms with Gasteiger partial charge in [-0.2, -0.15) is 5.90 Å². The molecule has 0 heterocycles. The molecule has 2 N–H and O–H groups in total. The summed E-state index contributed by atoms with van der Waals surface area (Å²) in [5.74, 6) is 5.23. The van der Waals surface area contributed by atoms with Crippen molar-refractivity contribution in [2.24, 2.45) is 22.7 Å². The maximum atomic E-state index is 11.2. The van der Waals surface area contributed by atoms with Crippen molar-refractivity contribution in [3.8, 4) is 0 Å². The lowest BCUT2D eigenvalue weighted by molar-refractivity contribution is -0.139. The number of rotatable bonds is 3. The van der Waals surface area contributed by atoms with Gasteiger partial charge in [0, 0.05) is 12.1 Å². The van der Waals surface area contributed by atoms with Crippen LogP contribution in [0.3, 0.4) is 0 Å². The second-order valence-corrected chi connectivity index (χ2v) is 3.87. The zero-order valence-corrected chi connectivity index (χ0v) is 9.65. The summed E-state index contributed by atoms with van der Waals surface area (Å²) < 4.78 is 4.19. The molecule has 0 aromatic rings. The zero-order valence-electron chi connectivity index (χ0n) is 8.89. The van der Waals surface area contributed by atoms with Crippen LogP contribution >= 0.6 is 11.9 Å². The maximum absolute atomic E-state index is 11.2. The molecule has 1 aliphatic rings. The van der Waals surface area contributed by atoms with Crippen molar-refractivity contribution in [3.05, 3.63) is 12.8 Å². The fraction of sp³-hybridized carbons (Fsp3) is 0.600. The van der Waals surface area contributed by atoms with Crippen molar-refractivity contribution in [3.63, 3.8) is 0 Å². The molecule has 1 saturated carbocycles. The summed E-state index contributed by atoms with van der Waals surface area (Å²) in [5.41, 5.74) is 0. The summed E-state index contributed by atoms with van der Waals surface area (Å²) in [4.78, 5) is 19.8. The number of carbonyl (C=O) groups excluding carboxylic acids is 1. The monoisotopic (exact) mass is 246 g/mol. The summed E-state index contributed by atoms with van der Waals surface area (Å²) in [6.45, 7) is 3.49. The van der Waals surface area contributed by atoms with Crippen LogP contribution < -0.4 is 5.90 Å². The predicted octanol–water partition coefficient (Wildman–Crippen LogP) is 1.92. The van der Waals surface area contributed by atoms with Gasteiger partial charge < -0.3 is 9.13 Å². The minimum atomic E-state index is -0.365. The van der Waals surface area contributed by atoms with E-state index in [2.05, 4.69) is 20.7 Å². The largest absolute Gasteiger partial charge is 0.396 e. The Balaban J connectivity index is 2.51. The Bertz CT molecular complexity index is 286. The van der Waals surface area contributed by atoms with E-state index in [1.807, 2.05) is 0 Å². The quantitative estimate of drug-likeness (QED) is 0.469. The van der Waals surface area contributed by atoms with E-state index < -0.39 is 0 Å². The molecule has 6 heteroatoms. The molecule has 1 fully saturated rings. The summed E-state index contributed by atoms with van der Waals surface area (Å²) in [5, 5.41) is 0. The van der Waals surface area contributed by atoms with Gasteiger partial charge in [-0.1, -0.05) is 6.58 Å². The molecule has 5 nitrogen and oxygen atoms in total. The third-order valence-electron chi connectivity index (χ3n) is 2.83. The number of carbonyl (C=O) groups is 1. The van der Waals surface area contributed by atoms with E-state index in [-0.39, 0.29) is 17.8 Å². The van der Waals surface area contributed by atoms with Crippen LogP contribution in [0.25, 0.3) is 0 Å². The maximum Gasteiger partial charge on any atom is 0.327 e. The minimum absolute atomic E-state index is 0.128. The summed E-state index contributed by atoms with van der Waals surface area (Å²) in [7, 11) is 0. The molecule has 16 heavy (non-hydrogen) atoms. The first kappa shape index (κ1) is 13.0. The molecule has 0 saturated heterocycles. The van der Waals surface area contributed by atoms with Crippen molar-refractivity contribution < 1.29 is 13.9 Å². The molecule has 0 atom stereocenters. The predicted molar refractivity (Wildman–Crippen MR) is 60.3 cm³/mol. The van der Waals surface area contributed by atoms with Crippen molar-refractivity contribution >= 4 is 23.7 Å². The van der Waals surface area contributed by atoms with Crippen LogP contribution in [0.2, 0.25) is 0 Å². The number of nitrogens with two attached hydrogens (primary N) is 1. The number of hydrogen-bond acceptors (Lipinski definition) is 5. The van der Waals surface area contributed by atoms with Crippen molar-refractivity contribution in [2.75, 3.05) is 0 Å². The highest BCUT2D eigenvalue weighted by Gasteiger charge is 2.30. The number of aliphatic imine (C=N–C) groups is 1. The Labute approximate surface area is 99.4 Å². The fourth-order valence-electron chi connectivity index (χ4n) is 1.96. The number of halogens is 1. The molecule has 0 unspecified atom stereocenters. The normalized spacial score (nSPS) is 26.0. The lowest BCUT2D eigenvalue weighted by Crippen LogP contribution is -2.28. The Kier molecular flexibility index (Phi) is 5.28. The molecule has 0 aromatic heterocycles. The average molecular weight is 247 g/mol. The van der Waals surface area contributed by atoms with Crippen LogP contribution in [-0.4, -0.2) is 11.9 Å². The van der Waals surface area contributed by atoms with E-state index in [0.717, 1.165) is 12.8 Å². The molecule has 0 aromatic carbocycles. The topological polar surface area (TPSA) is 73.9 Å². The van der Waals surface area contributed by atoms with E-state index >= 15 is 0 Å². The van der Waals surface area contributed by atoms with Gasteiger partial charge in [0.15, 0.2) is 0 Å². The second kappa shape index (κ2) is 6.50. The fourth-order valence-corrected chi connectivity index (χ4v) is 2.09. The highest BCUT2D eigenvalue weighted by molar-refractivity contribution is 6.13. The molecule has 0 aliphatic heterocycles. The van der Waals surface area contributed by atoms with Gasteiger partial charge in [-0.05, 0) is 25.7 Å². The van der Waals surface area contributed by atoms with Crippen LogP contribution in [0.15, 0.2) is 17.8 Å². The molecular weight excluding hydrogens is 232 g/mol. The van der Waals surface area contributed by atoms with Gasteiger partial charge in [-0.3, -0.25) is 4.79 Å². The van der Waals surface area contributed by atoms with Crippen LogP contribution in [0.4, 0.5) is 0 Å². The van der Waals surface area contributed by atoms with Gasteiger partial charge >= 0.3 is 5.97 Å². The first-order chi connectivity index (χ1) is 7.72. The summed E-state index contributed by atoms with van der Waals surface area (Å²) in [6, 6.07) is 0. The molecule has 0 amide bonds. The number of nitrogens with zero attached hydrogens (tertiary/aromatic N) is 1. The van der Waals surface area contributed by atoms with Gasteiger partial charge in [0.2, 0.25) is 5.90 Å². The zero-order chi connectivity index (χ0) is 12.0. The molecule has 1 rings (SSSR count). The molecule has 1 aliphatic carbocycles. The minimum Gasteiger partial charge on any atom is -0.396 e. The van der Waals surface area contributed by atoms with E-state index in [9.17, 15) is 4.79 Å². The third kappa shape index (κ3) is 3.21. The van der Waals surface area contributed by atoms with Crippen molar-refractivity contribution in [1.29, 1.82) is 0 Å². The Morgan fingerprint density at radius 1 is 1.38 bits per heavy atom. The first-order valence-corrected chi connectivity index (χ1v) is 5.41. The number of hydrogen-bond donors (Lipinski definition) is 1. The standard InChI is InChI=1S/C10H15ClN2O3/c1-2-13-9(16-12)7-3-5-8(6-4-7)10(14)15-11/h2,7-8H,1,3-6,12H2/b13-9-. The first-order valence-electron chi connectivity index (χ1n) is 5.10. The van der Waals surface area contributed by atoms with Gasteiger partial charge in [0.25, 0.3) is 0 Å². The molecule has 0 spiro atoms. The lowest BCUT2D eigenvalue weighted by Gasteiger charge is -2.25. The van der Waals surface area contributed by atoms with Gasteiger partial charge in [-0.15, -0.1) is 0 Å². The highest BCUT2D eigenvalue weighted by atomic mass is 35.5. The van der Waals surface area contributed by atoms with E-state index in [1.54, 1.807) is 0 Å². The molecule has 90 valence electrons. The van der Waals surface area contributed by atoms with Crippen molar-refractivity contribution in [2.45, 2.75) is 25.7 Å². The van der Waals surface area contributed by atoms with E-state index in [0.29, 0.717) is 18.7 Å². The third-order valence-corrected chi connectivity index (χ3v) is 2.98. The Morgan fingerprint density at radius 2 is 1.94 bits per heavy atom. The SMILES string of the molecule is C=C/N=C(\ON)C1CCC(C(=O)OCl)CC1. The summed E-state index contributed by atoms with van der Waals surface area (Å²) >= 11 is 5.03. The lowest BCUT2D eigenvalue weighted by atomic mass is 9.82. The van der Waals surface area contributed by atoms with Gasteiger partial charge in [0.1, 0.15) is 11.9 Å². The Morgan fingerprint density at radius 3 is 2.38 bits per heavy atom. The van der Waals surface area contributed by atoms with Gasteiger partial charge in [-0.25, -0.2) is 4.99 Å². The van der Waals surface area contributed by atoms with Crippen LogP contribution in [0.5, 0.6) is 0 Å². The van der Waals surface area contributed by atoms with Crippen LogP contribution in [-0.2, 0) is 13.9 Å². The molecular formula is C10H15ClN2O3. The molecule has 0 radical (unpaired) electrons. The Hall–Kier alpha value is -1.07. The second-order valence-electron chi connectivity index (χ2n) is 3.71. The van der Waals surface area contributed by atoms with E-state index in [1.165, 1.54) is 6.20 Å². The average Bonchev–Trinajstić information content (AvgIpc) is 2.35.